The fourth-order valence-corrected chi connectivity index (χ4v) is 3.61. The smallest absolute Gasteiger partial charge is 0.275 e. The first-order valence-corrected chi connectivity index (χ1v) is 11.5. The lowest BCUT2D eigenvalue weighted by molar-refractivity contribution is -0.124. The third-order valence-corrected chi connectivity index (χ3v) is 5.65. The molecule has 0 saturated heterocycles. The van der Waals surface area contributed by atoms with Gasteiger partial charge in [-0.05, 0) is 30.3 Å². The average molecular weight is 506 g/mol. The molecular formula is C26H28FN7O3. The predicted octanol–water partition coefficient (Wildman–Crippen LogP) is 3.37. The Kier molecular flexibility index (Phi) is 7.05. The van der Waals surface area contributed by atoms with Crippen molar-refractivity contribution in [3.05, 3.63) is 77.6 Å². The molecule has 0 radical (unpaired) electrons. The molecule has 0 spiro atoms. The molecule has 10 nitrogen and oxygen atoms in total. The molecule has 1 unspecified atom stereocenters. The third-order valence-electron chi connectivity index (χ3n) is 5.65. The molecule has 11 heteroatoms. The summed E-state index contributed by atoms with van der Waals surface area (Å²) in [5.41, 5.74) is 4.46. The van der Waals surface area contributed by atoms with Gasteiger partial charge >= 0.3 is 0 Å². The van der Waals surface area contributed by atoms with Gasteiger partial charge < -0.3 is 15.4 Å². The highest BCUT2D eigenvalue weighted by Crippen LogP contribution is 2.27. The molecule has 37 heavy (non-hydrogen) atoms. The summed E-state index contributed by atoms with van der Waals surface area (Å²) in [6, 6.07) is 8.70. The summed E-state index contributed by atoms with van der Waals surface area (Å²) in [6.45, 7) is 5.97. The summed E-state index contributed by atoms with van der Waals surface area (Å²) in [5, 5.41) is 7.14. The van der Waals surface area contributed by atoms with Crippen molar-refractivity contribution in [2.75, 3.05) is 24.8 Å². The molecular weight excluding hydrogens is 477 g/mol. The van der Waals surface area contributed by atoms with Crippen molar-refractivity contribution in [3.8, 4) is 5.88 Å². The predicted molar refractivity (Wildman–Crippen MR) is 137 cm³/mol. The number of nitrogens with one attached hydrogen (secondary N) is 3. The maximum atomic E-state index is 14.6. The van der Waals surface area contributed by atoms with E-state index in [0.29, 0.717) is 23.0 Å². The van der Waals surface area contributed by atoms with Crippen molar-refractivity contribution in [3.63, 3.8) is 0 Å². The van der Waals surface area contributed by atoms with Gasteiger partial charge in [0, 0.05) is 30.3 Å². The summed E-state index contributed by atoms with van der Waals surface area (Å²) in [5.74, 6) is -0.657. The van der Waals surface area contributed by atoms with Gasteiger partial charge in [-0.15, -0.1) is 0 Å². The van der Waals surface area contributed by atoms with Crippen LogP contribution in [0.1, 0.15) is 42.5 Å². The Labute approximate surface area is 214 Å². The Bertz CT molecular complexity index is 1350. The number of hydrogen-bond acceptors (Lipinski definition) is 8. The van der Waals surface area contributed by atoms with Crippen LogP contribution in [0, 0.1) is 5.82 Å². The van der Waals surface area contributed by atoms with E-state index in [4.69, 9.17) is 4.74 Å². The fourth-order valence-electron chi connectivity index (χ4n) is 3.61. The first-order chi connectivity index (χ1) is 17.5. The van der Waals surface area contributed by atoms with Gasteiger partial charge in [0.15, 0.2) is 0 Å². The quantitative estimate of drug-likeness (QED) is 0.466. The van der Waals surface area contributed by atoms with Crippen LogP contribution in [0.3, 0.4) is 0 Å². The molecule has 4 rings (SSSR count). The highest BCUT2D eigenvalue weighted by atomic mass is 19.1. The zero-order chi connectivity index (χ0) is 26.7. The van der Waals surface area contributed by atoms with Crippen molar-refractivity contribution < 1.29 is 18.7 Å². The summed E-state index contributed by atoms with van der Waals surface area (Å²) >= 11 is 0. The van der Waals surface area contributed by atoms with Gasteiger partial charge in [-0.3, -0.25) is 25.0 Å². The molecule has 3 N–H and O–H groups in total. The molecule has 3 heterocycles. The van der Waals surface area contributed by atoms with E-state index in [-0.39, 0.29) is 22.7 Å². The lowest BCUT2D eigenvalue weighted by atomic mass is 9.93. The van der Waals surface area contributed by atoms with Crippen molar-refractivity contribution in [1.82, 2.24) is 25.4 Å². The fraction of sp³-hybridized carbons (Fsp3) is 0.269. The van der Waals surface area contributed by atoms with Crippen molar-refractivity contribution >= 4 is 29.0 Å². The number of carbonyl (C=O) groups is 2. The molecule has 1 aliphatic rings. The molecule has 3 aromatic rings. The zero-order valence-electron chi connectivity index (χ0n) is 21.2. The van der Waals surface area contributed by atoms with Crippen LogP contribution in [0.5, 0.6) is 5.88 Å². The van der Waals surface area contributed by atoms with E-state index in [1.807, 2.05) is 20.8 Å². The van der Waals surface area contributed by atoms with Gasteiger partial charge in [-0.2, -0.15) is 4.98 Å². The normalized spacial score (nSPS) is 15.5. The molecule has 2 aromatic heterocycles. The van der Waals surface area contributed by atoms with Crippen LogP contribution in [-0.4, -0.2) is 52.0 Å². The monoisotopic (exact) mass is 505 g/mol. The van der Waals surface area contributed by atoms with Crippen LogP contribution in [0.2, 0.25) is 0 Å². The zero-order valence-corrected chi connectivity index (χ0v) is 21.2. The Balaban J connectivity index is 1.57. The van der Waals surface area contributed by atoms with E-state index in [1.165, 1.54) is 36.6 Å². The molecule has 192 valence electrons. The molecule has 2 amide bonds. The molecule has 0 bridgehead atoms. The largest absolute Gasteiger partial charge is 0.481 e. The van der Waals surface area contributed by atoms with E-state index < -0.39 is 17.8 Å². The number of hydrazine groups is 1. The number of rotatable bonds is 6. The van der Waals surface area contributed by atoms with E-state index in [9.17, 15) is 14.0 Å². The SMILES string of the molecule is COc1cccc(NC2C=C(c3ccc(F)c(NC(=O)c4cnc(C(C)(C)C)cn4)c3)N(C)NC2=O)n1. The number of amides is 2. The van der Waals surface area contributed by atoms with Gasteiger partial charge in [0.25, 0.3) is 11.8 Å². The molecule has 0 aliphatic carbocycles. The van der Waals surface area contributed by atoms with Crippen molar-refractivity contribution in [2.24, 2.45) is 0 Å². The summed E-state index contributed by atoms with van der Waals surface area (Å²) in [7, 11) is 3.17. The van der Waals surface area contributed by atoms with E-state index in [1.54, 1.807) is 37.4 Å². The standard InChI is InChI=1S/C26H28FN7O3/c1-26(2,3)21-14-28-19(13-29-21)24(35)31-17-11-15(9-10-16(17)27)20-12-18(25(36)33-34(20)4)30-22-7-6-8-23(32-22)37-5/h6-14,18H,1-5H3,(H,30,32)(H,31,35)(H,33,36). The van der Waals surface area contributed by atoms with Gasteiger partial charge in [0.05, 0.1) is 30.4 Å². The van der Waals surface area contributed by atoms with Gasteiger partial charge in [-0.1, -0.05) is 26.8 Å². The Morgan fingerprint density at radius 3 is 2.62 bits per heavy atom. The lowest BCUT2D eigenvalue weighted by Crippen LogP contribution is -2.50. The summed E-state index contributed by atoms with van der Waals surface area (Å²) in [4.78, 5) is 38.1. The first-order valence-electron chi connectivity index (χ1n) is 11.5. The lowest BCUT2D eigenvalue weighted by Gasteiger charge is -2.31. The highest BCUT2D eigenvalue weighted by Gasteiger charge is 2.27. The molecule has 1 atom stereocenters. The number of halogens is 1. The van der Waals surface area contributed by atoms with Gasteiger partial charge in [0.2, 0.25) is 5.88 Å². The van der Waals surface area contributed by atoms with Crippen molar-refractivity contribution in [2.45, 2.75) is 32.2 Å². The minimum atomic E-state index is -0.759. The number of ether oxygens (including phenoxy) is 1. The van der Waals surface area contributed by atoms with Crippen LogP contribution in [0.4, 0.5) is 15.9 Å². The minimum Gasteiger partial charge on any atom is -0.481 e. The maximum absolute atomic E-state index is 14.6. The first kappa shape index (κ1) is 25.5. The second kappa shape index (κ2) is 10.2. The van der Waals surface area contributed by atoms with Gasteiger partial charge in [0.1, 0.15) is 23.4 Å². The third kappa shape index (κ3) is 5.83. The van der Waals surface area contributed by atoms with Crippen LogP contribution < -0.4 is 20.8 Å². The maximum Gasteiger partial charge on any atom is 0.275 e. The number of anilines is 2. The van der Waals surface area contributed by atoms with Gasteiger partial charge in [-0.25, -0.2) is 9.37 Å². The van der Waals surface area contributed by atoms with Crippen LogP contribution in [-0.2, 0) is 10.2 Å². The number of benzene rings is 1. The number of pyridine rings is 1. The summed E-state index contributed by atoms with van der Waals surface area (Å²) < 4.78 is 19.8. The average Bonchev–Trinajstić information content (AvgIpc) is 2.86. The topological polar surface area (TPSA) is 121 Å². The van der Waals surface area contributed by atoms with Crippen LogP contribution in [0.25, 0.3) is 5.70 Å². The molecule has 1 aliphatic heterocycles. The Morgan fingerprint density at radius 2 is 1.95 bits per heavy atom. The van der Waals surface area contributed by atoms with E-state index in [0.717, 1.165) is 5.69 Å². The van der Waals surface area contributed by atoms with E-state index in [2.05, 4.69) is 31.0 Å². The van der Waals surface area contributed by atoms with Crippen LogP contribution >= 0.6 is 0 Å². The van der Waals surface area contributed by atoms with Crippen LogP contribution in [0.15, 0.2) is 54.9 Å². The minimum absolute atomic E-state index is 0.0330. The number of carbonyl (C=O) groups excluding carboxylic acids is 2. The number of methoxy groups -OCH3 is 1. The molecule has 1 aromatic carbocycles. The Hall–Kier alpha value is -4.54. The number of aromatic nitrogens is 3. The second-order valence-electron chi connectivity index (χ2n) is 9.46. The number of nitrogens with zero attached hydrogens (tertiary/aromatic N) is 4. The highest BCUT2D eigenvalue weighted by molar-refractivity contribution is 6.03. The Morgan fingerprint density at radius 1 is 1.16 bits per heavy atom. The molecule has 0 saturated carbocycles. The molecule has 0 fully saturated rings. The van der Waals surface area contributed by atoms with Crippen molar-refractivity contribution in [1.29, 1.82) is 0 Å². The second-order valence-corrected chi connectivity index (χ2v) is 9.46. The van der Waals surface area contributed by atoms with E-state index >= 15 is 0 Å². The summed E-state index contributed by atoms with van der Waals surface area (Å²) in [6.07, 6.45) is 4.60. The number of hydrogen-bond donors (Lipinski definition) is 3.